The Morgan fingerprint density at radius 1 is 1.32 bits per heavy atom. The molecule has 5 nitrogen and oxygen atoms in total. The molecule has 138 valence electrons. The average Bonchev–Trinajstić information content (AvgIpc) is 3.02. The second kappa shape index (κ2) is 8.19. The monoisotopic (exact) mass is 346 g/mol. The van der Waals surface area contributed by atoms with Crippen molar-refractivity contribution in [2.24, 2.45) is 0 Å². The van der Waals surface area contributed by atoms with Gasteiger partial charge in [0.05, 0.1) is 19.8 Å². The molecule has 3 rings (SSSR count). The molecule has 2 atom stereocenters. The van der Waals surface area contributed by atoms with Gasteiger partial charge in [0.1, 0.15) is 5.75 Å². The summed E-state index contributed by atoms with van der Waals surface area (Å²) in [6, 6.07) is 8.38. The van der Waals surface area contributed by atoms with Crippen molar-refractivity contribution in [3.05, 3.63) is 29.8 Å². The highest BCUT2D eigenvalue weighted by atomic mass is 16.5. The molecule has 2 aliphatic rings. The molecule has 1 amide bonds. The minimum Gasteiger partial charge on any atom is -0.497 e. The van der Waals surface area contributed by atoms with Gasteiger partial charge in [0.25, 0.3) is 0 Å². The predicted molar refractivity (Wildman–Crippen MR) is 97.6 cm³/mol. The maximum Gasteiger partial charge on any atom is 0.236 e. The predicted octanol–water partition coefficient (Wildman–Crippen LogP) is 2.59. The topological polar surface area (TPSA) is 53.0 Å². The first-order valence-electron chi connectivity index (χ1n) is 9.40. The number of carbonyl (C=O) groups excluding carboxylic acids is 1. The molecule has 2 unspecified atom stereocenters. The molecule has 0 spiro atoms. The first kappa shape index (κ1) is 18.2. The zero-order valence-electron chi connectivity index (χ0n) is 15.4. The second-order valence-electron chi connectivity index (χ2n) is 7.41. The van der Waals surface area contributed by atoms with E-state index in [-0.39, 0.29) is 18.1 Å². The van der Waals surface area contributed by atoms with E-state index in [1.165, 1.54) is 19.3 Å². The van der Waals surface area contributed by atoms with Gasteiger partial charge in [-0.05, 0) is 37.0 Å². The highest BCUT2D eigenvalue weighted by molar-refractivity contribution is 5.78. The minimum absolute atomic E-state index is 0.0637. The number of likely N-dealkylation sites (tertiary alicyclic amines) is 1. The third kappa shape index (κ3) is 4.33. The molecule has 0 bridgehead atoms. The third-order valence-electron chi connectivity index (χ3n) is 5.71. The van der Waals surface area contributed by atoms with Crippen molar-refractivity contribution in [2.75, 3.05) is 27.2 Å². The summed E-state index contributed by atoms with van der Waals surface area (Å²) >= 11 is 0. The molecule has 1 aliphatic carbocycles. The molecule has 1 saturated carbocycles. The number of likely N-dealkylation sites (N-methyl/N-ethyl adjacent to an activating group) is 1. The molecule has 1 heterocycles. The van der Waals surface area contributed by atoms with Crippen molar-refractivity contribution in [2.45, 2.75) is 56.7 Å². The SMILES string of the molecule is COc1cccc(C2CC(O)CN2CC(=O)N(C)C2CCCCC2)c1. The number of hydrogen-bond acceptors (Lipinski definition) is 4. The van der Waals surface area contributed by atoms with Gasteiger partial charge in [0.2, 0.25) is 5.91 Å². The quantitative estimate of drug-likeness (QED) is 0.890. The highest BCUT2D eigenvalue weighted by Crippen LogP contribution is 2.33. The standard InChI is InChI=1S/C20H30N2O3/c1-21(16-8-4-3-5-9-16)20(24)14-22-13-17(23)12-19(22)15-7-6-10-18(11-15)25-2/h6-7,10-11,16-17,19,23H,3-5,8-9,12-14H2,1-2H3. The summed E-state index contributed by atoms with van der Waals surface area (Å²) in [4.78, 5) is 16.8. The molecule has 1 aliphatic heterocycles. The smallest absolute Gasteiger partial charge is 0.236 e. The van der Waals surface area contributed by atoms with Gasteiger partial charge in [-0.25, -0.2) is 0 Å². The third-order valence-corrected chi connectivity index (χ3v) is 5.71. The second-order valence-corrected chi connectivity index (χ2v) is 7.41. The first-order chi connectivity index (χ1) is 12.1. The lowest BCUT2D eigenvalue weighted by Gasteiger charge is -2.33. The first-order valence-corrected chi connectivity index (χ1v) is 9.40. The maximum absolute atomic E-state index is 12.8. The van der Waals surface area contributed by atoms with E-state index in [0.29, 0.717) is 25.6 Å². The molecular formula is C20H30N2O3. The summed E-state index contributed by atoms with van der Waals surface area (Å²) in [6.07, 6.45) is 6.23. The van der Waals surface area contributed by atoms with Gasteiger partial charge in [0, 0.05) is 25.7 Å². The number of nitrogens with zero attached hydrogens (tertiary/aromatic N) is 2. The molecule has 0 radical (unpaired) electrons. The van der Waals surface area contributed by atoms with Gasteiger partial charge in [-0.1, -0.05) is 31.4 Å². The Kier molecular flexibility index (Phi) is 5.97. The highest BCUT2D eigenvalue weighted by Gasteiger charge is 2.34. The van der Waals surface area contributed by atoms with Gasteiger partial charge >= 0.3 is 0 Å². The molecule has 1 aromatic rings. The van der Waals surface area contributed by atoms with Crippen molar-refractivity contribution < 1.29 is 14.6 Å². The lowest BCUT2D eigenvalue weighted by Crippen LogP contribution is -2.44. The molecular weight excluding hydrogens is 316 g/mol. The van der Waals surface area contributed by atoms with E-state index in [0.717, 1.165) is 24.2 Å². The molecule has 1 saturated heterocycles. The Labute approximate surface area is 150 Å². The van der Waals surface area contributed by atoms with Crippen LogP contribution in [0.25, 0.3) is 0 Å². The number of β-amino-alcohol motifs (C(OH)–C–C–N with tert-alkyl or cyclic N) is 1. The Balaban J connectivity index is 1.67. The summed E-state index contributed by atoms with van der Waals surface area (Å²) in [5.41, 5.74) is 1.10. The number of ether oxygens (including phenoxy) is 1. The lowest BCUT2D eigenvalue weighted by atomic mass is 9.94. The summed E-state index contributed by atoms with van der Waals surface area (Å²) in [5, 5.41) is 10.2. The van der Waals surface area contributed by atoms with Crippen molar-refractivity contribution in [3.63, 3.8) is 0 Å². The number of aliphatic hydroxyl groups is 1. The van der Waals surface area contributed by atoms with Crippen molar-refractivity contribution in [1.82, 2.24) is 9.80 Å². The number of methoxy groups -OCH3 is 1. The van der Waals surface area contributed by atoms with Crippen LogP contribution in [0, 0.1) is 0 Å². The van der Waals surface area contributed by atoms with Crippen LogP contribution in [0.15, 0.2) is 24.3 Å². The Bertz CT molecular complexity index is 586. The molecule has 1 N–H and O–H groups in total. The fraction of sp³-hybridized carbons (Fsp3) is 0.650. The van der Waals surface area contributed by atoms with Gasteiger partial charge in [-0.2, -0.15) is 0 Å². The normalized spacial score (nSPS) is 25.1. The summed E-state index contributed by atoms with van der Waals surface area (Å²) < 4.78 is 5.32. The van der Waals surface area contributed by atoms with Crippen molar-refractivity contribution >= 4 is 5.91 Å². The van der Waals surface area contributed by atoms with E-state index >= 15 is 0 Å². The molecule has 1 aromatic carbocycles. The van der Waals surface area contributed by atoms with Gasteiger partial charge in [0.15, 0.2) is 0 Å². The fourth-order valence-electron chi connectivity index (χ4n) is 4.21. The van der Waals surface area contributed by atoms with Crippen molar-refractivity contribution in [3.8, 4) is 5.75 Å². The van der Waals surface area contributed by atoms with E-state index in [2.05, 4.69) is 4.90 Å². The Hall–Kier alpha value is -1.59. The molecule has 2 fully saturated rings. The number of carbonyl (C=O) groups is 1. The minimum atomic E-state index is -0.385. The lowest BCUT2D eigenvalue weighted by molar-refractivity contribution is -0.134. The van der Waals surface area contributed by atoms with E-state index in [1.54, 1.807) is 7.11 Å². The van der Waals surface area contributed by atoms with Crippen LogP contribution in [0.5, 0.6) is 5.75 Å². The van der Waals surface area contributed by atoms with E-state index in [9.17, 15) is 9.90 Å². The van der Waals surface area contributed by atoms with Crippen LogP contribution >= 0.6 is 0 Å². The number of aliphatic hydroxyl groups excluding tert-OH is 1. The van der Waals surface area contributed by atoms with Gasteiger partial charge in [-0.15, -0.1) is 0 Å². The van der Waals surface area contributed by atoms with Crippen LogP contribution in [-0.4, -0.2) is 60.2 Å². The van der Waals surface area contributed by atoms with Gasteiger partial charge in [-0.3, -0.25) is 9.69 Å². The zero-order chi connectivity index (χ0) is 17.8. The van der Waals surface area contributed by atoms with E-state index in [4.69, 9.17) is 4.74 Å². The number of amides is 1. The fourth-order valence-corrected chi connectivity index (χ4v) is 4.21. The maximum atomic E-state index is 12.8. The Morgan fingerprint density at radius 3 is 2.80 bits per heavy atom. The van der Waals surface area contributed by atoms with Crippen LogP contribution in [-0.2, 0) is 4.79 Å². The number of benzene rings is 1. The summed E-state index contributed by atoms with van der Waals surface area (Å²) in [6.45, 7) is 0.915. The van der Waals surface area contributed by atoms with Gasteiger partial charge < -0.3 is 14.7 Å². The summed E-state index contributed by atoms with van der Waals surface area (Å²) in [7, 11) is 3.59. The van der Waals surface area contributed by atoms with Crippen LogP contribution < -0.4 is 4.74 Å². The van der Waals surface area contributed by atoms with E-state index < -0.39 is 0 Å². The number of rotatable bonds is 5. The zero-order valence-corrected chi connectivity index (χ0v) is 15.4. The van der Waals surface area contributed by atoms with Crippen LogP contribution in [0.3, 0.4) is 0 Å². The van der Waals surface area contributed by atoms with Crippen LogP contribution in [0.1, 0.15) is 50.1 Å². The largest absolute Gasteiger partial charge is 0.497 e. The average molecular weight is 346 g/mol. The van der Waals surface area contributed by atoms with E-state index in [1.807, 2.05) is 36.2 Å². The molecule has 25 heavy (non-hydrogen) atoms. The van der Waals surface area contributed by atoms with Crippen LogP contribution in [0.2, 0.25) is 0 Å². The number of hydrogen-bond donors (Lipinski definition) is 1. The summed E-state index contributed by atoms with van der Waals surface area (Å²) in [5.74, 6) is 0.971. The van der Waals surface area contributed by atoms with Crippen LogP contribution in [0.4, 0.5) is 0 Å². The molecule has 0 aromatic heterocycles. The molecule has 5 heteroatoms. The Morgan fingerprint density at radius 2 is 2.08 bits per heavy atom. The van der Waals surface area contributed by atoms with Crippen molar-refractivity contribution in [1.29, 1.82) is 0 Å².